The Morgan fingerprint density at radius 2 is 2.00 bits per heavy atom. The second-order valence-corrected chi connectivity index (χ2v) is 6.83. The Morgan fingerprint density at radius 1 is 1.17 bits per heavy atom. The molecule has 0 bridgehead atoms. The van der Waals surface area contributed by atoms with Gasteiger partial charge in [0.15, 0.2) is 0 Å². The van der Waals surface area contributed by atoms with Crippen LogP contribution in [0.1, 0.15) is 38.5 Å². The summed E-state index contributed by atoms with van der Waals surface area (Å²) >= 11 is 0. The van der Waals surface area contributed by atoms with Crippen LogP contribution in [-0.2, 0) is 0 Å². The summed E-state index contributed by atoms with van der Waals surface area (Å²) in [4.78, 5) is 5.28. The van der Waals surface area contributed by atoms with Crippen LogP contribution < -0.4 is 5.73 Å². The summed E-state index contributed by atoms with van der Waals surface area (Å²) in [6.45, 7) is 5.17. The Hall–Kier alpha value is -0.120. The van der Waals surface area contributed by atoms with Crippen LogP contribution in [0.2, 0.25) is 0 Å². The second kappa shape index (κ2) is 5.48. The summed E-state index contributed by atoms with van der Waals surface area (Å²) in [6.07, 6.45) is 8.21. The SMILES string of the molecule is CN1CCCC2CN(CCC(N)C3CC3)CCC21. The van der Waals surface area contributed by atoms with Gasteiger partial charge in [-0.15, -0.1) is 0 Å². The summed E-state index contributed by atoms with van der Waals surface area (Å²) in [6, 6.07) is 1.35. The molecule has 3 fully saturated rings. The third kappa shape index (κ3) is 2.89. The van der Waals surface area contributed by atoms with Crippen LogP contribution in [0.25, 0.3) is 0 Å². The average molecular weight is 251 g/mol. The lowest BCUT2D eigenvalue weighted by atomic mass is 9.84. The van der Waals surface area contributed by atoms with Crippen molar-refractivity contribution < 1.29 is 0 Å². The highest BCUT2D eigenvalue weighted by molar-refractivity contribution is 4.90. The fourth-order valence-corrected chi connectivity index (χ4v) is 4.02. The first kappa shape index (κ1) is 12.9. The van der Waals surface area contributed by atoms with Crippen molar-refractivity contribution in [3.63, 3.8) is 0 Å². The Labute approximate surface area is 112 Å². The molecule has 3 nitrogen and oxygen atoms in total. The maximum absolute atomic E-state index is 6.22. The van der Waals surface area contributed by atoms with Crippen LogP contribution in [0.15, 0.2) is 0 Å². The molecule has 0 aromatic carbocycles. The zero-order valence-corrected chi connectivity index (χ0v) is 11.9. The molecule has 18 heavy (non-hydrogen) atoms. The van der Waals surface area contributed by atoms with Gasteiger partial charge in [-0.05, 0) is 77.0 Å². The minimum atomic E-state index is 0.483. The molecule has 3 heteroatoms. The van der Waals surface area contributed by atoms with Gasteiger partial charge in [-0.25, -0.2) is 0 Å². The molecule has 2 heterocycles. The molecule has 0 amide bonds. The molecule has 2 N–H and O–H groups in total. The van der Waals surface area contributed by atoms with Crippen molar-refractivity contribution in [2.75, 3.05) is 33.2 Å². The van der Waals surface area contributed by atoms with Gasteiger partial charge >= 0.3 is 0 Å². The van der Waals surface area contributed by atoms with E-state index in [-0.39, 0.29) is 0 Å². The van der Waals surface area contributed by atoms with Gasteiger partial charge in [0.25, 0.3) is 0 Å². The molecule has 3 unspecified atom stereocenters. The lowest BCUT2D eigenvalue weighted by molar-refractivity contribution is 0.0374. The number of nitrogens with zero attached hydrogens (tertiary/aromatic N) is 2. The lowest BCUT2D eigenvalue weighted by Gasteiger charge is -2.46. The zero-order chi connectivity index (χ0) is 12.5. The van der Waals surface area contributed by atoms with E-state index in [0.717, 1.165) is 17.9 Å². The minimum Gasteiger partial charge on any atom is -0.327 e. The van der Waals surface area contributed by atoms with E-state index < -0.39 is 0 Å². The fraction of sp³-hybridized carbons (Fsp3) is 1.00. The van der Waals surface area contributed by atoms with Gasteiger partial charge < -0.3 is 15.5 Å². The van der Waals surface area contributed by atoms with Crippen LogP contribution >= 0.6 is 0 Å². The van der Waals surface area contributed by atoms with E-state index in [1.807, 2.05) is 0 Å². The molecule has 0 radical (unpaired) electrons. The van der Waals surface area contributed by atoms with Gasteiger partial charge in [-0.1, -0.05) is 0 Å². The van der Waals surface area contributed by atoms with E-state index in [2.05, 4.69) is 16.8 Å². The van der Waals surface area contributed by atoms with Gasteiger partial charge in [0.1, 0.15) is 0 Å². The van der Waals surface area contributed by atoms with Gasteiger partial charge in [0.05, 0.1) is 0 Å². The Bertz CT molecular complexity index is 277. The quantitative estimate of drug-likeness (QED) is 0.822. The first-order valence-electron chi connectivity index (χ1n) is 7.92. The average Bonchev–Trinajstić information content (AvgIpc) is 3.20. The molecular weight excluding hydrogens is 222 g/mol. The Kier molecular flexibility index (Phi) is 3.92. The largest absolute Gasteiger partial charge is 0.327 e. The summed E-state index contributed by atoms with van der Waals surface area (Å²) in [5.41, 5.74) is 6.22. The summed E-state index contributed by atoms with van der Waals surface area (Å²) in [7, 11) is 2.31. The van der Waals surface area contributed by atoms with E-state index >= 15 is 0 Å². The highest BCUT2D eigenvalue weighted by atomic mass is 15.2. The summed E-state index contributed by atoms with van der Waals surface area (Å²) < 4.78 is 0. The predicted octanol–water partition coefficient (Wildman–Crippen LogP) is 1.53. The summed E-state index contributed by atoms with van der Waals surface area (Å²) in [5.74, 6) is 1.79. The van der Waals surface area contributed by atoms with Crippen LogP contribution in [0.4, 0.5) is 0 Å². The minimum absolute atomic E-state index is 0.483. The first-order valence-corrected chi connectivity index (χ1v) is 7.92. The first-order chi connectivity index (χ1) is 8.74. The van der Waals surface area contributed by atoms with E-state index in [1.165, 1.54) is 64.7 Å². The highest BCUT2D eigenvalue weighted by Gasteiger charge is 2.34. The van der Waals surface area contributed by atoms with Crippen molar-refractivity contribution in [1.29, 1.82) is 0 Å². The van der Waals surface area contributed by atoms with Crippen LogP contribution in [0, 0.1) is 11.8 Å². The standard InChI is InChI=1S/C15H29N3/c1-17-8-2-3-13-11-18(10-7-15(13)17)9-6-14(16)12-4-5-12/h12-15H,2-11,16H2,1H3. The molecule has 2 saturated heterocycles. The number of hydrogen-bond donors (Lipinski definition) is 1. The highest BCUT2D eigenvalue weighted by Crippen LogP contribution is 2.33. The molecule has 0 spiro atoms. The second-order valence-electron chi connectivity index (χ2n) is 6.83. The molecule has 3 aliphatic rings. The molecular formula is C15H29N3. The molecule has 3 atom stereocenters. The van der Waals surface area contributed by atoms with Crippen molar-refractivity contribution >= 4 is 0 Å². The molecule has 3 rings (SSSR count). The zero-order valence-electron chi connectivity index (χ0n) is 11.9. The molecule has 1 saturated carbocycles. The number of rotatable bonds is 4. The molecule has 0 aromatic rings. The number of nitrogens with two attached hydrogens (primary N) is 1. The fourth-order valence-electron chi connectivity index (χ4n) is 4.02. The topological polar surface area (TPSA) is 32.5 Å². The Balaban J connectivity index is 1.44. The van der Waals surface area contributed by atoms with Crippen molar-refractivity contribution in [1.82, 2.24) is 9.80 Å². The number of likely N-dealkylation sites (tertiary alicyclic amines) is 2. The smallest absolute Gasteiger partial charge is 0.0145 e. The normalized spacial score (nSPS) is 36.3. The third-order valence-electron chi connectivity index (χ3n) is 5.44. The van der Waals surface area contributed by atoms with Crippen LogP contribution in [0.5, 0.6) is 0 Å². The van der Waals surface area contributed by atoms with Gasteiger partial charge in [-0.2, -0.15) is 0 Å². The molecule has 1 aliphatic carbocycles. The van der Waals surface area contributed by atoms with Crippen molar-refractivity contribution in [3.05, 3.63) is 0 Å². The van der Waals surface area contributed by atoms with E-state index in [9.17, 15) is 0 Å². The van der Waals surface area contributed by atoms with Crippen molar-refractivity contribution in [2.45, 2.75) is 50.6 Å². The van der Waals surface area contributed by atoms with Crippen LogP contribution in [-0.4, -0.2) is 55.1 Å². The predicted molar refractivity (Wildman–Crippen MR) is 75.5 cm³/mol. The number of hydrogen-bond acceptors (Lipinski definition) is 3. The van der Waals surface area contributed by atoms with E-state index in [4.69, 9.17) is 5.73 Å². The van der Waals surface area contributed by atoms with Gasteiger partial charge in [0, 0.05) is 18.6 Å². The Morgan fingerprint density at radius 3 is 2.78 bits per heavy atom. The van der Waals surface area contributed by atoms with Crippen LogP contribution in [0.3, 0.4) is 0 Å². The number of piperidine rings is 2. The lowest BCUT2D eigenvalue weighted by Crippen LogP contribution is -2.53. The molecule has 104 valence electrons. The maximum atomic E-state index is 6.22. The molecule has 0 aromatic heterocycles. The van der Waals surface area contributed by atoms with Crippen molar-refractivity contribution in [3.8, 4) is 0 Å². The number of fused-ring (bicyclic) bond motifs is 1. The third-order valence-corrected chi connectivity index (χ3v) is 5.44. The van der Waals surface area contributed by atoms with Crippen molar-refractivity contribution in [2.24, 2.45) is 17.6 Å². The van der Waals surface area contributed by atoms with Gasteiger partial charge in [-0.3, -0.25) is 0 Å². The maximum Gasteiger partial charge on any atom is 0.0145 e. The van der Waals surface area contributed by atoms with E-state index in [1.54, 1.807) is 0 Å². The molecule has 2 aliphatic heterocycles. The van der Waals surface area contributed by atoms with E-state index in [0.29, 0.717) is 6.04 Å². The van der Waals surface area contributed by atoms with Gasteiger partial charge in [0.2, 0.25) is 0 Å². The summed E-state index contributed by atoms with van der Waals surface area (Å²) in [5, 5.41) is 0. The monoisotopic (exact) mass is 251 g/mol.